The Hall–Kier alpha value is -2.34. The maximum absolute atomic E-state index is 14.0. The molecule has 0 aromatic carbocycles. The fourth-order valence-electron chi connectivity index (χ4n) is 5.10. The summed E-state index contributed by atoms with van der Waals surface area (Å²) in [6, 6.07) is 6.17. The fraction of sp³-hybridized carbons (Fsp3) is 0.615. The van der Waals surface area contributed by atoms with E-state index < -0.39 is 0 Å². The van der Waals surface area contributed by atoms with Crippen LogP contribution in [-0.2, 0) is 18.4 Å². The van der Waals surface area contributed by atoms with Crippen molar-refractivity contribution in [2.24, 2.45) is 5.92 Å². The highest BCUT2D eigenvalue weighted by molar-refractivity contribution is 5.99. The van der Waals surface area contributed by atoms with Crippen LogP contribution in [0.1, 0.15) is 80.8 Å². The summed E-state index contributed by atoms with van der Waals surface area (Å²) < 4.78 is 5.51. The van der Waals surface area contributed by atoms with Gasteiger partial charge in [-0.1, -0.05) is 27.7 Å². The third kappa shape index (κ3) is 5.01. The van der Waals surface area contributed by atoms with Gasteiger partial charge < -0.3 is 20.0 Å². The predicted molar refractivity (Wildman–Crippen MR) is 128 cm³/mol. The number of aryl methyl sites for hydroxylation is 1. The average Bonchev–Trinajstić information content (AvgIpc) is 3.29. The van der Waals surface area contributed by atoms with E-state index in [4.69, 9.17) is 9.40 Å². The normalized spacial score (nSPS) is 20.1. The van der Waals surface area contributed by atoms with Crippen LogP contribution in [-0.4, -0.2) is 41.5 Å². The molecule has 1 saturated heterocycles. The van der Waals surface area contributed by atoms with E-state index in [1.165, 1.54) is 5.56 Å². The zero-order valence-corrected chi connectivity index (χ0v) is 20.0. The topological polar surface area (TPSA) is 70.4 Å². The minimum Gasteiger partial charge on any atom is -0.467 e. The summed E-state index contributed by atoms with van der Waals surface area (Å²) in [5, 5.41) is 6.90. The molecule has 0 bridgehead atoms. The summed E-state index contributed by atoms with van der Waals surface area (Å²) in [4.78, 5) is 21.2. The van der Waals surface area contributed by atoms with Gasteiger partial charge in [0.2, 0.25) is 0 Å². The van der Waals surface area contributed by atoms with Gasteiger partial charge in [-0.25, -0.2) is 4.98 Å². The number of hydrogen-bond acceptors (Lipinski definition) is 5. The lowest BCUT2D eigenvalue weighted by atomic mass is 9.75. The number of aromatic nitrogens is 1. The number of carbonyl (C=O) groups is 1. The van der Waals surface area contributed by atoms with Crippen molar-refractivity contribution in [3.63, 3.8) is 0 Å². The van der Waals surface area contributed by atoms with Gasteiger partial charge in [0.15, 0.2) is 0 Å². The van der Waals surface area contributed by atoms with E-state index in [2.05, 4.69) is 49.3 Å². The molecule has 32 heavy (non-hydrogen) atoms. The number of pyridine rings is 1. The third-order valence-corrected chi connectivity index (χ3v) is 6.77. The summed E-state index contributed by atoms with van der Waals surface area (Å²) >= 11 is 0. The van der Waals surface area contributed by atoms with Crippen LogP contribution in [0.2, 0.25) is 0 Å². The van der Waals surface area contributed by atoms with Gasteiger partial charge in [0.05, 0.1) is 24.1 Å². The van der Waals surface area contributed by atoms with E-state index in [0.29, 0.717) is 23.8 Å². The van der Waals surface area contributed by atoms with Crippen molar-refractivity contribution in [2.45, 2.75) is 77.8 Å². The second kappa shape index (κ2) is 9.65. The molecule has 1 aliphatic carbocycles. The van der Waals surface area contributed by atoms with Gasteiger partial charge in [0.1, 0.15) is 11.6 Å². The van der Waals surface area contributed by atoms with Crippen LogP contribution in [0.15, 0.2) is 28.9 Å². The van der Waals surface area contributed by atoms with Crippen LogP contribution in [0.3, 0.4) is 0 Å². The van der Waals surface area contributed by atoms with Crippen molar-refractivity contribution in [2.75, 3.05) is 25.0 Å². The first kappa shape index (κ1) is 22.8. The molecule has 1 aliphatic heterocycles. The lowest BCUT2D eigenvalue weighted by Crippen LogP contribution is -2.50. The van der Waals surface area contributed by atoms with E-state index >= 15 is 0 Å². The van der Waals surface area contributed by atoms with E-state index in [-0.39, 0.29) is 17.4 Å². The van der Waals surface area contributed by atoms with Crippen LogP contribution < -0.4 is 10.6 Å². The molecular formula is C26H38N4O2. The molecule has 2 N–H and O–H groups in total. The number of anilines is 1. The Bertz CT molecular complexity index is 914. The Morgan fingerprint density at radius 2 is 2.22 bits per heavy atom. The Labute approximate surface area is 192 Å². The number of piperidine rings is 1. The second-order valence-electron chi connectivity index (χ2n) is 10.4. The number of hydrogen-bond donors (Lipinski definition) is 2. The molecule has 2 aliphatic rings. The van der Waals surface area contributed by atoms with E-state index in [1.807, 2.05) is 12.1 Å². The standard InChI is InChI=1S/C26H38N4O2/c1-18(2)17-30(20-9-6-12-27-15-20)25(31)22-14-19-8-5-11-26(3,4)23(19)29-24(22)28-16-21-10-7-13-32-21/h7,10,13-14,18,20,27H,5-6,8-9,11-12,15-17H2,1-4H3,(H,28,29). The second-order valence-corrected chi connectivity index (χ2v) is 10.4. The Balaban J connectivity index is 1.71. The highest BCUT2D eigenvalue weighted by Crippen LogP contribution is 2.37. The molecule has 1 fully saturated rings. The lowest BCUT2D eigenvalue weighted by Gasteiger charge is -2.37. The zero-order valence-electron chi connectivity index (χ0n) is 20.0. The average molecular weight is 439 g/mol. The van der Waals surface area contributed by atoms with E-state index in [1.54, 1.807) is 6.26 Å². The Morgan fingerprint density at radius 3 is 2.91 bits per heavy atom. The van der Waals surface area contributed by atoms with E-state index in [0.717, 1.165) is 63.2 Å². The van der Waals surface area contributed by atoms with Gasteiger partial charge in [0, 0.05) is 24.5 Å². The molecule has 1 unspecified atom stereocenters. The SMILES string of the molecule is CC(C)CN(C(=O)c1cc2c(nc1NCc1ccco1)C(C)(C)CCC2)C1CCCNC1. The molecule has 0 spiro atoms. The molecule has 2 aromatic heterocycles. The summed E-state index contributed by atoms with van der Waals surface area (Å²) in [7, 11) is 0. The first-order valence-corrected chi connectivity index (χ1v) is 12.2. The first-order valence-electron chi connectivity index (χ1n) is 12.2. The number of furan rings is 1. The molecular weight excluding hydrogens is 400 g/mol. The van der Waals surface area contributed by atoms with Crippen molar-refractivity contribution in [1.29, 1.82) is 0 Å². The smallest absolute Gasteiger partial charge is 0.257 e. The molecule has 6 nitrogen and oxygen atoms in total. The maximum atomic E-state index is 14.0. The van der Waals surface area contributed by atoms with Gasteiger partial charge in [-0.15, -0.1) is 0 Å². The Kier molecular flexibility index (Phi) is 6.89. The van der Waals surface area contributed by atoms with Crippen molar-refractivity contribution in [3.05, 3.63) is 47.0 Å². The van der Waals surface area contributed by atoms with Gasteiger partial charge >= 0.3 is 0 Å². The van der Waals surface area contributed by atoms with Crippen LogP contribution in [0.4, 0.5) is 5.82 Å². The number of nitrogens with one attached hydrogen (secondary N) is 2. The minimum atomic E-state index is 0.0151. The zero-order chi connectivity index (χ0) is 22.7. The molecule has 174 valence electrons. The van der Waals surface area contributed by atoms with Crippen molar-refractivity contribution in [1.82, 2.24) is 15.2 Å². The highest BCUT2D eigenvalue weighted by atomic mass is 16.3. The number of carbonyl (C=O) groups excluding carboxylic acids is 1. The summed E-state index contributed by atoms with van der Waals surface area (Å²) in [5.74, 6) is 2.01. The summed E-state index contributed by atoms with van der Waals surface area (Å²) in [6.45, 7) is 12.0. The summed E-state index contributed by atoms with van der Waals surface area (Å²) in [6.07, 6.45) is 7.06. The van der Waals surface area contributed by atoms with Crippen LogP contribution in [0, 0.1) is 5.92 Å². The van der Waals surface area contributed by atoms with Crippen LogP contribution in [0.5, 0.6) is 0 Å². The monoisotopic (exact) mass is 438 g/mol. The van der Waals surface area contributed by atoms with Crippen LogP contribution in [0.25, 0.3) is 0 Å². The molecule has 2 aromatic rings. The molecule has 1 atom stereocenters. The van der Waals surface area contributed by atoms with Gasteiger partial charge in [0.25, 0.3) is 5.91 Å². The third-order valence-electron chi connectivity index (χ3n) is 6.77. The van der Waals surface area contributed by atoms with Gasteiger partial charge in [-0.2, -0.15) is 0 Å². The number of amides is 1. The molecule has 0 radical (unpaired) electrons. The predicted octanol–water partition coefficient (Wildman–Crippen LogP) is 4.75. The first-order chi connectivity index (χ1) is 15.3. The molecule has 1 amide bonds. The molecule has 0 saturated carbocycles. The number of fused-ring (bicyclic) bond motifs is 1. The summed E-state index contributed by atoms with van der Waals surface area (Å²) in [5.41, 5.74) is 3.05. The number of nitrogens with zero attached hydrogens (tertiary/aromatic N) is 2. The van der Waals surface area contributed by atoms with Crippen molar-refractivity contribution < 1.29 is 9.21 Å². The number of rotatable bonds is 7. The minimum absolute atomic E-state index is 0.0151. The Morgan fingerprint density at radius 1 is 1.38 bits per heavy atom. The van der Waals surface area contributed by atoms with Gasteiger partial charge in [-0.3, -0.25) is 4.79 Å². The largest absolute Gasteiger partial charge is 0.467 e. The van der Waals surface area contributed by atoms with Gasteiger partial charge in [-0.05, 0) is 68.3 Å². The highest BCUT2D eigenvalue weighted by Gasteiger charge is 2.33. The van der Waals surface area contributed by atoms with E-state index in [9.17, 15) is 4.79 Å². The lowest BCUT2D eigenvalue weighted by molar-refractivity contribution is 0.0620. The van der Waals surface area contributed by atoms with Crippen LogP contribution >= 0.6 is 0 Å². The molecule has 3 heterocycles. The quantitative estimate of drug-likeness (QED) is 0.653. The maximum Gasteiger partial charge on any atom is 0.257 e. The van der Waals surface area contributed by atoms with Crippen molar-refractivity contribution >= 4 is 11.7 Å². The molecule has 4 rings (SSSR count). The molecule has 6 heteroatoms. The van der Waals surface area contributed by atoms with Crippen molar-refractivity contribution in [3.8, 4) is 0 Å². The fourth-order valence-corrected chi connectivity index (χ4v) is 5.10.